The summed E-state index contributed by atoms with van der Waals surface area (Å²) in [6.45, 7) is 1.58. The number of rotatable bonds is 4. The maximum atomic E-state index is 12.9. The average molecular weight is 393 g/mol. The van der Waals surface area contributed by atoms with Crippen LogP contribution in [0.1, 0.15) is 29.1 Å². The van der Waals surface area contributed by atoms with Gasteiger partial charge in [-0.15, -0.1) is 0 Å². The van der Waals surface area contributed by atoms with Gasteiger partial charge < -0.3 is 18.9 Å². The zero-order valence-electron chi connectivity index (χ0n) is 15.7. The second-order valence-electron chi connectivity index (χ2n) is 7.13. The number of amides is 1. The van der Waals surface area contributed by atoms with Crippen LogP contribution in [0, 0.1) is 5.92 Å². The molecule has 9 nitrogen and oxygen atoms in total. The van der Waals surface area contributed by atoms with Crippen molar-refractivity contribution in [2.24, 2.45) is 5.92 Å². The molecular weight excluding hydrogens is 374 g/mol. The first kappa shape index (κ1) is 17.6. The lowest BCUT2D eigenvalue weighted by atomic mass is 9.94. The van der Waals surface area contributed by atoms with Crippen LogP contribution in [0.3, 0.4) is 0 Å². The molecule has 1 aromatic carbocycles. The molecule has 2 aliphatic rings. The molecule has 0 saturated carbocycles. The van der Waals surface area contributed by atoms with Crippen LogP contribution in [0.4, 0.5) is 0 Å². The van der Waals surface area contributed by atoms with Gasteiger partial charge in [0.2, 0.25) is 18.5 Å². The van der Waals surface area contributed by atoms with Gasteiger partial charge in [0, 0.05) is 37.5 Å². The summed E-state index contributed by atoms with van der Waals surface area (Å²) in [4.78, 5) is 27.5. The Bertz CT molecular complexity index is 1020. The molecule has 0 bridgehead atoms. The molecule has 1 amide bonds. The van der Waals surface area contributed by atoms with Crippen LogP contribution in [0.25, 0.3) is 11.5 Å². The van der Waals surface area contributed by atoms with Crippen molar-refractivity contribution in [3.8, 4) is 23.0 Å². The third kappa shape index (κ3) is 3.63. The monoisotopic (exact) mass is 393 g/mol. The maximum Gasteiger partial charge on any atom is 0.254 e. The lowest BCUT2D eigenvalue weighted by Crippen LogP contribution is -2.40. The molecule has 148 valence electrons. The van der Waals surface area contributed by atoms with Gasteiger partial charge in [0.25, 0.3) is 5.91 Å². The molecule has 3 aromatic rings. The largest absolute Gasteiger partial charge is 0.454 e. The van der Waals surface area contributed by atoms with E-state index in [4.69, 9.17) is 14.0 Å². The lowest BCUT2D eigenvalue weighted by molar-refractivity contribution is 0.0667. The summed E-state index contributed by atoms with van der Waals surface area (Å²) in [5.41, 5.74) is 1.18. The third-order valence-electron chi connectivity index (χ3n) is 5.15. The van der Waals surface area contributed by atoms with Gasteiger partial charge in [-0.3, -0.25) is 9.78 Å². The minimum atomic E-state index is -0.00113. The SMILES string of the molecule is O=C(c1ccc2c(c1)OCO2)N1CCC[C@H](Cc2nc(-c3cnccn3)no2)C1. The summed E-state index contributed by atoms with van der Waals surface area (Å²) in [6.07, 6.45) is 7.35. The minimum Gasteiger partial charge on any atom is -0.454 e. The van der Waals surface area contributed by atoms with Gasteiger partial charge in [0.1, 0.15) is 5.69 Å². The van der Waals surface area contributed by atoms with Crippen molar-refractivity contribution in [2.75, 3.05) is 19.9 Å². The first-order chi connectivity index (χ1) is 14.3. The Hall–Kier alpha value is -3.49. The molecular formula is C20H19N5O4. The maximum absolute atomic E-state index is 12.9. The Morgan fingerprint density at radius 2 is 2.14 bits per heavy atom. The zero-order valence-corrected chi connectivity index (χ0v) is 15.7. The highest BCUT2D eigenvalue weighted by Gasteiger charge is 2.27. The fourth-order valence-corrected chi connectivity index (χ4v) is 3.73. The number of ether oxygens (including phenoxy) is 2. The number of benzene rings is 1. The average Bonchev–Trinajstić information content (AvgIpc) is 3.43. The Morgan fingerprint density at radius 3 is 3.03 bits per heavy atom. The number of carbonyl (C=O) groups excluding carboxylic acids is 1. The number of hydrogen-bond acceptors (Lipinski definition) is 8. The van der Waals surface area contributed by atoms with E-state index >= 15 is 0 Å². The van der Waals surface area contributed by atoms with Gasteiger partial charge in [0.15, 0.2) is 11.5 Å². The second kappa shape index (κ2) is 7.50. The standard InChI is InChI=1S/C20H19N5O4/c26-20(14-3-4-16-17(9-14)28-12-27-16)25-7-1-2-13(11-25)8-18-23-19(24-29-18)15-10-21-5-6-22-15/h3-6,9-10,13H,1-2,7-8,11-12H2/t13-/m1/s1. The zero-order chi connectivity index (χ0) is 19.6. The van der Waals surface area contributed by atoms with Crippen molar-refractivity contribution < 1.29 is 18.8 Å². The summed E-state index contributed by atoms with van der Waals surface area (Å²) in [5.74, 6) is 2.53. The number of carbonyl (C=O) groups is 1. The molecule has 0 spiro atoms. The normalized spacial score (nSPS) is 18.1. The Labute approximate surface area is 166 Å². The Morgan fingerprint density at radius 1 is 1.21 bits per heavy atom. The molecule has 2 aliphatic heterocycles. The second-order valence-corrected chi connectivity index (χ2v) is 7.13. The van der Waals surface area contributed by atoms with Crippen LogP contribution >= 0.6 is 0 Å². The number of piperidine rings is 1. The lowest BCUT2D eigenvalue weighted by Gasteiger charge is -2.32. The molecule has 29 heavy (non-hydrogen) atoms. The fourth-order valence-electron chi connectivity index (χ4n) is 3.73. The molecule has 1 fully saturated rings. The van der Waals surface area contributed by atoms with E-state index in [1.165, 1.54) is 0 Å². The Kier molecular flexibility index (Phi) is 4.55. The summed E-state index contributed by atoms with van der Waals surface area (Å²) in [5, 5.41) is 3.99. The number of aromatic nitrogens is 4. The van der Waals surface area contributed by atoms with Crippen LogP contribution in [0.15, 0.2) is 41.3 Å². The number of hydrogen-bond donors (Lipinski definition) is 0. The molecule has 5 rings (SSSR count). The van der Waals surface area contributed by atoms with E-state index in [1.54, 1.807) is 36.8 Å². The van der Waals surface area contributed by atoms with Gasteiger partial charge in [-0.05, 0) is 37.0 Å². The van der Waals surface area contributed by atoms with Crippen molar-refractivity contribution in [3.05, 3.63) is 48.2 Å². The van der Waals surface area contributed by atoms with Crippen LogP contribution in [-0.2, 0) is 6.42 Å². The van der Waals surface area contributed by atoms with Gasteiger partial charge in [-0.2, -0.15) is 4.98 Å². The van der Waals surface area contributed by atoms with Gasteiger partial charge >= 0.3 is 0 Å². The Balaban J connectivity index is 1.25. The number of nitrogens with zero attached hydrogens (tertiary/aromatic N) is 5. The van der Waals surface area contributed by atoms with Gasteiger partial charge in [-0.1, -0.05) is 5.16 Å². The molecule has 2 aromatic heterocycles. The third-order valence-corrected chi connectivity index (χ3v) is 5.15. The molecule has 0 N–H and O–H groups in total. The summed E-state index contributed by atoms with van der Waals surface area (Å²) in [7, 11) is 0. The van der Waals surface area contributed by atoms with Crippen molar-refractivity contribution in [1.29, 1.82) is 0 Å². The van der Waals surface area contributed by atoms with E-state index in [2.05, 4.69) is 20.1 Å². The molecule has 1 saturated heterocycles. The van der Waals surface area contributed by atoms with E-state index in [0.717, 1.165) is 19.4 Å². The van der Waals surface area contributed by atoms with Crippen molar-refractivity contribution >= 4 is 5.91 Å². The minimum absolute atomic E-state index is 0.00113. The van der Waals surface area contributed by atoms with Crippen LogP contribution in [0.2, 0.25) is 0 Å². The summed E-state index contributed by atoms with van der Waals surface area (Å²) >= 11 is 0. The summed E-state index contributed by atoms with van der Waals surface area (Å²) in [6, 6.07) is 5.31. The van der Waals surface area contributed by atoms with Crippen LogP contribution < -0.4 is 9.47 Å². The first-order valence-corrected chi connectivity index (χ1v) is 9.54. The predicted octanol–water partition coefficient (Wildman–Crippen LogP) is 2.35. The highest BCUT2D eigenvalue weighted by molar-refractivity contribution is 5.95. The summed E-state index contributed by atoms with van der Waals surface area (Å²) < 4.78 is 16.1. The molecule has 0 radical (unpaired) electrons. The molecule has 4 heterocycles. The van der Waals surface area contributed by atoms with E-state index in [0.29, 0.717) is 47.4 Å². The quantitative estimate of drug-likeness (QED) is 0.665. The molecule has 1 atom stereocenters. The van der Waals surface area contributed by atoms with E-state index in [9.17, 15) is 4.79 Å². The molecule has 0 aliphatic carbocycles. The highest BCUT2D eigenvalue weighted by atomic mass is 16.7. The fraction of sp³-hybridized carbons (Fsp3) is 0.350. The van der Waals surface area contributed by atoms with E-state index in [-0.39, 0.29) is 18.6 Å². The van der Waals surface area contributed by atoms with E-state index in [1.807, 2.05) is 4.90 Å². The first-order valence-electron chi connectivity index (χ1n) is 9.54. The van der Waals surface area contributed by atoms with Gasteiger partial charge in [-0.25, -0.2) is 4.98 Å². The van der Waals surface area contributed by atoms with E-state index < -0.39 is 0 Å². The van der Waals surface area contributed by atoms with Crippen molar-refractivity contribution in [3.63, 3.8) is 0 Å². The van der Waals surface area contributed by atoms with Crippen LogP contribution in [-0.4, -0.2) is 50.8 Å². The van der Waals surface area contributed by atoms with Crippen molar-refractivity contribution in [2.45, 2.75) is 19.3 Å². The van der Waals surface area contributed by atoms with Gasteiger partial charge in [0.05, 0.1) is 6.20 Å². The van der Waals surface area contributed by atoms with Crippen molar-refractivity contribution in [1.82, 2.24) is 25.0 Å². The highest BCUT2D eigenvalue weighted by Crippen LogP contribution is 2.33. The molecule has 9 heteroatoms. The number of likely N-dealkylation sites (tertiary alicyclic amines) is 1. The molecule has 0 unspecified atom stereocenters. The predicted molar refractivity (Wildman–Crippen MR) is 100 cm³/mol. The topological polar surface area (TPSA) is 103 Å². The smallest absolute Gasteiger partial charge is 0.254 e. The van der Waals surface area contributed by atoms with Crippen LogP contribution in [0.5, 0.6) is 11.5 Å². The number of fused-ring (bicyclic) bond motifs is 1.